The molecule has 4 heteroatoms. The molecule has 1 aromatic carbocycles. The van der Waals surface area contributed by atoms with Gasteiger partial charge in [0.25, 0.3) is 5.24 Å². The Bertz CT molecular complexity index is 466. The van der Waals surface area contributed by atoms with Crippen LogP contribution in [0.4, 0.5) is 0 Å². The fourth-order valence-corrected chi connectivity index (χ4v) is 2.22. The van der Waals surface area contributed by atoms with Crippen molar-refractivity contribution < 1.29 is 4.79 Å². The van der Waals surface area contributed by atoms with Crippen molar-refractivity contribution in [2.75, 3.05) is 0 Å². The van der Waals surface area contributed by atoms with Crippen LogP contribution in [-0.2, 0) is 6.42 Å². The zero-order valence-electron chi connectivity index (χ0n) is 7.81. The van der Waals surface area contributed by atoms with Gasteiger partial charge in [-0.05, 0) is 17.2 Å². The highest BCUT2D eigenvalue weighted by Gasteiger charge is 2.07. The number of aromatic nitrogens is 1. The van der Waals surface area contributed by atoms with Gasteiger partial charge in [-0.25, -0.2) is 4.98 Å². The number of carbonyl (C=O) groups is 1. The van der Waals surface area contributed by atoms with Crippen LogP contribution < -0.4 is 0 Å². The van der Waals surface area contributed by atoms with Gasteiger partial charge in [-0.1, -0.05) is 30.3 Å². The highest BCUT2D eigenvalue weighted by atomic mass is 35.5. The summed E-state index contributed by atoms with van der Waals surface area (Å²) in [5.41, 5.74) is 1.52. The summed E-state index contributed by atoms with van der Waals surface area (Å²) in [5, 5.41) is 2.10. The molecule has 0 saturated carbocycles. The summed E-state index contributed by atoms with van der Waals surface area (Å²) >= 11 is 6.78. The van der Waals surface area contributed by atoms with Crippen molar-refractivity contribution in [1.82, 2.24) is 4.98 Å². The third-order valence-corrected chi connectivity index (χ3v) is 2.99. The van der Waals surface area contributed by atoms with Crippen LogP contribution in [0.1, 0.15) is 21.1 Å². The van der Waals surface area contributed by atoms with Gasteiger partial charge in [0, 0.05) is 11.8 Å². The molecule has 0 unspecified atom stereocenters. The van der Waals surface area contributed by atoms with Crippen molar-refractivity contribution in [2.45, 2.75) is 6.42 Å². The molecule has 1 heterocycles. The molecular weight excluding hydrogens is 230 g/mol. The molecule has 1 aromatic heterocycles. The number of rotatable bonds is 3. The van der Waals surface area contributed by atoms with Crippen molar-refractivity contribution in [1.29, 1.82) is 0 Å². The van der Waals surface area contributed by atoms with Gasteiger partial charge in [0.05, 0.1) is 5.01 Å². The zero-order valence-corrected chi connectivity index (χ0v) is 9.39. The third kappa shape index (κ3) is 2.64. The number of thiazole rings is 1. The topological polar surface area (TPSA) is 30.0 Å². The maximum absolute atomic E-state index is 10.8. The summed E-state index contributed by atoms with van der Waals surface area (Å²) in [6.45, 7) is 0. The van der Waals surface area contributed by atoms with Gasteiger partial charge in [-0.3, -0.25) is 4.79 Å². The van der Waals surface area contributed by atoms with Crippen molar-refractivity contribution in [3.05, 3.63) is 52.0 Å². The van der Waals surface area contributed by atoms with Crippen LogP contribution in [0.3, 0.4) is 0 Å². The van der Waals surface area contributed by atoms with Crippen LogP contribution >= 0.6 is 22.9 Å². The van der Waals surface area contributed by atoms with E-state index in [0.717, 1.165) is 11.4 Å². The molecule has 0 atom stereocenters. The summed E-state index contributed by atoms with van der Waals surface area (Å²) in [7, 11) is 0. The maximum atomic E-state index is 10.8. The van der Waals surface area contributed by atoms with Crippen LogP contribution in [-0.4, -0.2) is 10.2 Å². The molecule has 76 valence electrons. The van der Waals surface area contributed by atoms with E-state index in [4.69, 9.17) is 11.6 Å². The van der Waals surface area contributed by atoms with Crippen molar-refractivity contribution in [3.63, 3.8) is 0 Å². The average molecular weight is 238 g/mol. The Hall–Kier alpha value is -1.19. The van der Waals surface area contributed by atoms with Crippen LogP contribution in [0.15, 0.2) is 35.7 Å². The molecule has 0 fully saturated rings. The van der Waals surface area contributed by atoms with Gasteiger partial charge in [0.1, 0.15) is 5.69 Å². The lowest BCUT2D eigenvalue weighted by atomic mass is 10.2. The number of benzene rings is 1. The van der Waals surface area contributed by atoms with Crippen molar-refractivity contribution in [2.24, 2.45) is 0 Å². The SMILES string of the molecule is O=C(Cl)c1csc(Cc2ccccc2)n1. The minimum absolute atomic E-state index is 0.340. The van der Waals surface area contributed by atoms with E-state index in [1.807, 2.05) is 30.3 Å². The first-order chi connectivity index (χ1) is 7.25. The first kappa shape index (κ1) is 10.3. The smallest absolute Gasteiger partial charge is 0.271 e. The summed E-state index contributed by atoms with van der Waals surface area (Å²) in [5.74, 6) is 0. The lowest BCUT2D eigenvalue weighted by Gasteiger charge is -1.95. The second kappa shape index (κ2) is 4.55. The highest BCUT2D eigenvalue weighted by Crippen LogP contribution is 2.15. The largest absolute Gasteiger partial charge is 0.274 e. The average Bonchev–Trinajstić information content (AvgIpc) is 2.68. The predicted molar refractivity (Wildman–Crippen MR) is 61.5 cm³/mol. The second-order valence-electron chi connectivity index (χ2n) is 3.06. The summed E-state index contributed by atoms with van der Waals surface area (Å²) < 4.78 is 0. The number of hydrogen-bond donors (Lipinski definition) is 0. The molecule has 0 saturated heterocycles. The number of nitrogens with zero attached hydrogens (tertiary/aromatic N) is 1. The van der Waals surface area contributed by atoms with E-state index in [0.29, 0.717) is 5.69 Å². The Labute approximate surface area is 96.5 Å². The molecule has 15 heavy (non-hydrogen) atoms. The molecule has 2 aromatic rings. The van der Waals surface area contributed by atoms with Gasteiger partial charge in [-0.2, -0.15) is 0 Å². The van der Waals surface area contributed by atoms with E-state index in [9.17, 15) is 4.79 Å². The van der Waals surface area contributed by atoms with Gasteiger partial charge in [0.15, 0.2) is 0 Å². The second-order valence-corrected chi connectivity index (χ2v) is 4.35. The molecule has 0 N–H and O–H groups in total. The molecule has 2 rings (SSSR count). The van der Waals surface area contributed by atoms with Crippen LogP contribution in [0.25, 0.3) is 0 Å². The van der Waals surface area contributed by atoms with Crippen LogP contribution in [0.2, 0.25) is 0 Å². The van der Waals surface area contributed by atoms with Gasteiger partial charge in [0.2, 0.25) is 0 Å². The molecule has 0 amide bonds. The van der Waals surface area contributed by atoms with Crippen molar-refractivity contribution in [3.8, 4) is 0 Å². The summed E-state index contributed by atoms with van der Waals surface area (Å²) in [6, 6.07) is 10.00. The lowest BCUT2D eigenvalue weighted by Crippen LogP contribution is -1.91. The monoisotopic (exact) mass is 237 g/mol. The van der Waals surface area contributed by atoms with Crippen LogP contribution in [0.5, 0.6) is 0 Å². The Morgan fingerprint density at radius 1 is 1.33 bits per heavy atom. The molecule has 0 bridgehead atoms. The Kier molecular flexibility index (Phi) is 3.14. The standard InChI is InChI=1S/C11H8ClNOS/c12-11(14)9-7-15-10(13-9)6-8-4-2-1-3-5-8/h1-5,7H,6H2. The zero-order chi connectivity index (χ0) is 10.7. The number of hydrogen-bond acceptors (Lipinski definition) is 3. The van der Waals surface area contributed by atoms with Gasteiger partial charge >= 0.3 is 0 Å². The fourth-order valence-electron chi connectivity index (χ4n) is 1.25. The van der Waals surface area contributed by atoms with E-state index in [2.05, 4.69) is 4.98 Å². The normalized spacial score (nSPS) is 10.2. The summed E-state index contributed by atoms with van der Waals surface area (Å²) in [4.78, 5) is 15.0. The number of halogens is 1. The highest BCUT2D eigenvalue weighted by molar-refractivity contribution is 7.10. The first-order valence-electron chi connectivity index (χ1n) is 4.44. The number of carbonyl (C=O) groups excluding carboxylic acids is 1. The Balaban J connectivity index is 2.15. The summed E-state index contributed by atoms with van der Waals surface area (Å²) in [6.07, 6.45) is 0.746. The molecule has 2 nitrogen and oxygen atoms in total. The fraction of sp³-hybridized carbons (Fsp3) is 0.0909. The maximum Gasteiger partial charge on any atom is 0.271 e. The Morgan fingerprint density at radius 3 is 2.67 bits per heavy atom. The minimum Gasteiger partial charge on any atom is -0.274 e. The quantitative estimate of drug-likeness (QED) is 0.768. The first-order valence-corrected chi connectivity index (χ1v) is 5.69. The molecule has 0 aliphatic heterocycles. The van der Waals surface area contributed by atoms with E-state index >= 15 is 0 Å². The predicted octanol–water partition coefficient (Wildman–Crippen LogP) is 3.11. The van der Waals surface area contributed by atoms with E-state index in [1.165, 1.54) is 16.9 Å². The van der Waals surface area contributed by atoms with Crippen molar-refractivity contribution >= 4 is 28.2 Å². The minimum atomic E-state index is -0.495. The molecule has 0 radical (unpaired) electrons. The molecule has 0 aliphatic carbocycles. The van der Waals surface area contributed by atoms with E-state index < -0.39 is 5.24 Å². The molecule has 0 spiro atoms. The van der Waals surface area contributed by atoms with Crippen LogP contribution in [0, 0.1) is 0 Å². The van der Waals surface area contributed by atoms with Gasteiger partial charge in [-0.15, -0.1) is 11.3 Å². The lowest BCUT2D eigenvalue weighted by molar-refractivity contribution is 0.107. The molecular formula is C11H8ClNOS. The molecule has 0 aliphatic rings. The van der Waals surface area contributed by atoms with Gasteiger partial charge < -0.3 is 0 Å². The van der Waals surface area contributed by atoms with E-state index in [-0.39, 0.29) is 0 Å². The van der Waals surface area contributed by atoms with E-state index in [1.54, 1.807) is 5.38 Å². The Morgan fingerprint density at radius 2 is 2.07 bits per heavy atom. The third-order valence-electron chi connectivity index (χ3n) is 1.95.